The number of H-pyrrole nitrogens is 1. The SMILES string of the molecule is Cc1cnc(COc2ccc(-c3nc(-c4ccc(F)nc4)[nH]c3Cl)c(F)c2)c(F)c1. The summed E-state index contributed by atoms with van der Waals surface area (Å²) < 4.78 is 47.0. The minimum absolute atomic E-state index is 0.118. The first kappa shape index (κ1) is 19.9. The Labute approximate surface area is 174 Å². The highest BCUT2D eigenvalue weighted by Gasteiger charge is 2.17. The lowest BCUT2D eigenvalue weighted by atomic mass is 10.1. The zero-order chi connectivity index (χ0) is 21.3. The average Bonchev–Trinajstić information content (AvgIpc) is 3.09. The highest BCUT2D eigenvalue weighted by atomic mass is 35.5. The van der Waals surface area contributed by atoms with Gasteiger partial charge in [-0.25, -0.2) is 18.7 Å². The molecule has 0 unspecified atom stereocenters. The van der Waals surface area contributed by atoms with Crippen molar-refractivity contribution in [2.75, 3.05) is 0 Å². The van der Waals surface area contributed by atoms with Crippen LogP contribution in [-0.4, -0.2) is 19.9 Å². The number of imidazole rings is 1. The van der Waals surface area contributed by atoms with Gasteiger partial charge in [-0.3, -0.25) is 4.98 Å². The van der Waals surface area contributed by atoms with E-state index in [1.165, 1.54) is 42.7 Å². The Bertz CT molecular complexity index is 1210. The molecule has 0 amide bonds. The number of hydrogen-bond donors (Lipinski definition) is 1. The lowest BCUT2D eigenvalue weighted by Gasteiger charge is -2.08. The van der Waals surface area contributed by atoms with Gasteiger partial charge in [0.05, 0.1) is 0 Å². The summed E-state index contributed by atoms with van der Waals surface area (Å²) in [5.41, 5.74) is 1.64. The molecular weight excluding hydrogens is 417 g/mol. The molecule has 0 saturated heterocycles. The van der Waals surface area contributed by atoms with Crippen molar-refractivity contribution in [3.05, 3.63) is 82.8 Å². The topological polar surface area (TPSA) is 63.7 Å². The largest absolute Gasteiger partial charge is 0.487 e. The van der Waals surface area contributed by atoms with Gasteiger partial charge in [0.1, 0.15) is 46.4 Å². The van der Waals surface area contributed by atoms with Crippen LogP contribution in [0.2, 0.25) is 5.15 Å². The summed E-state index contributed by atoms with van der Waals surface area (Å²) in [5, 5.41) is 0.118. The maximum absolute atomic E-state index is 14.7. The molecule has 30 heavy (non-hydrogen) atoms. The fraction of sp³-hybridized carbons (Fsp3) is 0.0952. The van der Waals surface area contributed by atoms with Gasteiger partial charge in [0, 0.05) is 29.6 Å². The van der Waals surface area contributed by atoms with Gasteiger partial charge in [-0.05, 0) is 42.8 Å². The molecule has 0 aliphatic rings. The van der Waals surface area contributed by atoms with Crippen molar-refractivity contribution in [3.8, 4) is 28.4 Å². The summed E-state index contributed by atoms with van der Waals surface area (Å²) >= 11 is 6.18. The molecule has 0 radical (unpaired) electrons. The van der Waals surface area contributed by atoms with E-state index in [1.807, 2.05) is 0 Å². The van der Waals surface area contributed by atoms with E-state index < -0.39 is 17.6 Å². The van der Waals surface area contributed by atoms with E-state index >= 15 is 0 Å². The Hall–Kier alpha value is -3.39. The second kappa shape index (κ2) is 8.16. The van der Waals surface area contributed by atoms with Crippen LogP contribution < -0.4 is 4.74 Å². The molecule has 3 aromatic heterocycles. The lowest BCUT2D eigenvalue weighted by molar-refractivity contribution is 0.292. The summed E-state index contributed by atoms with van der Waals surface area (Å²) in [7, 11) is 0. The monoisotopic (exact) mass is 430 g/mol. The normalized spacial score (nSPS) is 11.0. The second-order valence-corrected chi connectivity index (χ2v) is 6.87. The van der Waals surface area contributed by atoms with Crippen LogP contribution in [0, 0.1) is 24.5 Å². The highest BCUT2D eigenvalue weighted by Crippen LogP contribution is 2.32. The number of hydrogen-bond acceptors (Lipinski definition) is 4. The molecule has 1 aromatic carbocycles. The van der Waals surface area contributed by atoms with E-state index in [1.54, 1.807) is 6.92 Å². The van der Waals surface area contributed by atoms with Gasteiger partial charge >= 0.3 is 0 Å². The van der Waals surface area contributed by atoms with Crippen LogP contribution in [0.4, 0.5) is 13.2 Å². The van der Waals surface area contributed by atoms with E-state index in [0.717, 1.165) is 6.07 Å². The van der Waals surface area contributed by atoms with E-state index in [-0.39, 0.29) is 34.5 Å². The highest BCUT2D eigenvalue weighted by molar-refractivity contribution is 6.32. The summed E-state index contributed by atoms with van der Waals surface area (Å²) in [4.78, 5) is 14.7. The molecule has 0 atom stereocenters. The van der Waals surface area contributed by atoms with Gasteiger partial charge in [0.25, 0.3) is 0 Å². The van der Waals surface area contributed by atoms with Crippen molar-refractivity contribution in [1.29, 1.82) is 0 Å². The van der Waals surface area contributed by atoms with Crippen LogP contribution in [0.25, 0.3) is 22.6 Å². The van der Waals surface area contributed by atoms with E-state index in [4.69, 9.17) is 16.3 Å². The van der Waals surface area contributed by atoms with Gasteiger partial charge in [-0.1, -0.05) is 11.6 Å². The fourth-order valence-electron chi connectivity index (χ4n) is 2.78. The Balaban J connectivity index is 1.55. The quantitative estimate of drug-likeness (QED) is 0.425. The standard InChI is InChI=1S/C21H14ClF3N4O/c1-11-6-16(24)17(26-8-11)10-30-13-3-4-14(15(23)7-13)19-20(22)29-21(28-19)12-2-5-18(25)27-9-12/h2-9H,10H2,1H3,(H,28,29). The third kappa shape index (κ3) is 4.13. The van der Waals surface area contributed by atoms with Crippen LogP contribution >= 0.6 is 11.6 Å². The Kier molecular flexibility index (Phi) is 5.41. The number of nitrogens with zero attached hydrogens (tertiary/aromatic N) is 3. The van der Waals surface area contributed by atoms with Crippen molar-refractivity contribution in [1.82, 2.24) is 19.9 Å². The summed E-state index contributed by atoms with van der Waals surface area (Å²) in [5.74, 6) is -1.21. The van der Waals surface area contributed by atoms with Crippen LogP contribution in [0.15, 0.2) is 48.8 Å². The molecule has 152 valence electrons. The summed E-state index contributed by atoms with van der Waals surface area (Å²) in [6.07, 6.45) is 2.82. The van der Waals surface area contributed by atoms with Crippen molar-refractivity contribution >= 4 is 11.6 Å². The van der Waals surface area contributed by atoms with Crippen LogP contribution in [0.3, 0.4) is 0 Å². The van der Waals surface area contributed by atoms with E-state index in [9.17, 15) is 13.2 Å². The van der Waals surface area contributed by atoms with Crippen molar-refractivity contribution in [2.24, 2.45) is 0 Å². The predicted octanol–water partition coefficient (Wildman–Crippen LogP) is 5.49. The number of nitrogens with one attached hydrogen (secondary N) is 1. The van der Waals surface area contributed by atoms with Crippen LogP contribution in [0.1, 0.15) is 11.3 Å². The number of aromatic amines is 1. The summed E-state index contributed by atoms with van der Waals surface area (Å²) in [6.45, 7) is 1.59. The molecule has 0 aliphatic heterocycles. The third-order valence-electron chi connectivity index (χ3n) is 4.29. The molecule has 3 heterocycles. The number of pyridine rings is 2. The molecule has 5 nitrogen and oxygen atoms in total. The zero-order valence-corrected chi connectivity index (χ0v) is 16.3. The molecule has 0 aliphatic carbocycles. The van der Waals surface area contributed by atoms with Crippen molar-refractivity contribution < 1.29 is 17.9 Å². The first-order chi connectivity index (χ1) is 14.4. The molecule has 9 heteroatoms. The predicted molar refractivity (Wildman–Crippen MR) is 105 cm³/mol. The number of aromatic nitrogens is 4. The number of aryl methyl sites for hydroxylation is 1. The number of rotatable bonds is 5. The molecule has 4 aromatic rings. The smallest absolute Gasteiger partial charge is 0.212 e. The van der Waals surface area contributed by atoms with Gasteiger partial charge in [-0.15, -0.1) is 0 Å². The minimum Gasteiger partial charge on any atom is -0.487 e. The molecule has 0 fully saturated rings. The number of ether oxygens (including phenoxy) is 1. The fourth-order valence-corrected chi connectivity index (χ4v) is 3.01. The Morgan fingerprint density at radius 1 is 1.00 bits per heavy atom. The lowest BCUT2D eigenvalue weighted by Crippen LogP contribution is -2.02. The van der Waals surface area contributed by atoms with E-state index in [0.29, 0.717) is 17.0 Å². The molecule has 1 N–H and O–H groups in total. The molecule has 0 bridgehead atoms. The van der Waals surface area contributed by atoms with Crippen molar-refractivity contribution in [3.63, 3.8) is 0 Å². The Morgan fingerprint density at radius 3 is 2.53 bits per heavy atom. The zero-order valence-electron chi connectivity index (χ0n) is 15.6. The first-order valence-corrected chi connectivity index (χ1v) is 9.19. The third-order valence-corrected chi connectivity index (χ3v) is 4.56. The van der Waals surface area contributed by atoms with Gasteiger partial charge < -0.3 is 9.72 Å². The average molecular weight is 431 g/mol. The number of halogens is 4. The molecule has 0 spiro atoms. The maximum atomic E-state index is 14.7. The number of benzene rings is 1. The minimum atomic E-state index is -0.626. The maximum Gasteiger partial charge on any atom is 0.212 e. The molecule has 4 rings (SSSR count). The first-order valence-electron chi connectivity index (χ1n) is 8.82. The van der Waals surface area contributed by atoms with Crippen molar-refractivity contribution in [2.45, 2.75) is 13.5 Å². The second-order valence-electron chi connectivity index (χ2n) is 6.49. The Morgan fingerprint density at radius 2 is 1.83 bits per heavy atom. The van der Waals surface area contributed by atoms with Gasteiger partial charge in [0.2, 0.25) is 5.95 Å². The van der Waals surface area contributed by atoms with Gasteiger partial charge in [-0.2, -0.15) is 4.39 Å². The van der Waals surface area contributed by atoms with Gasteiger partial charge in [0.15, 0.2) is 0 Å². The molecular formula is C21H14ClF3N4O. The van der Waals surface area contributed by atoms with Crippen LogP contribution in [-0.2, 0) is 6.61 Å². The molecule has 0 saturated carbocycles. The van der Waals surface area contributed by atoms with E-state index in [2.05, 4.69) is 19.9 Å². The van der Waals surface area contributed by atoms with Crippen LogP contribution in [0.5, 0.6) is 5.75 Å². The summed E-state index contributed by atoms with van der Waals surface area (Å²) in [6, 6.07) is 8.15.